The van der Waals surface area contributed by atoms with Gasteiger partial charge in [0.25, 0.3) is 5.91 Å². The first-order valence-corrected chi connectivity index (χ1v) is 7.74. The third kappa shape index (κ3) is 2.88. The third-order valence-corrected chi connectivity index (χ3v) is 3.76. The summed E-state index contributed by atoms with van der Waals surface area (Å²) >= 11 is 0. The Bertz CT molecular complexity index is 745. The maximum Gasteiger partial charge on any atom is 0.261 e. The minimum atomic E-state index is -0.116. The minimum absolute atomic E-state index is 0.113. The highest BCUT2D eigenvalue weighted by atomic mass is 16.5. The Morgan fingerprint density at radius 3 is 2.91 bits per heavy atom. The standard InChI is InChI=1S/C17H20N4O2/c1-10(2)15-13(8-19-12(4)20-15)17(22)21-9-11(3)23-16-14(21)6-5-7-18-16/h5-8,10-11H,9H2,1-4H3/t11-/m1/s1. The molecule has 0 radical (unpaired) electrons. The molecule has 6 nitrogen and oxygen atoms in total. The number of amides is 1. The van der Waals surface area contributed by atoms with Crippen LogP contribution in [0.3, 0.4) is 0 Å². The molecule has 0 aromatic carbocycles. The second-order valence-electron chi connectivity index (χ2n) is 6.04. The van der Waals surface area contributed by atoms with Crippen LogP contribution in [0, 0.1) is 6.92 Å². The predicted molar refractivity (Wildman–Crippen MR) is 86.9 cm³/mol. The first kappa shape index (κ1) is 15.4. The number of fused-ring (bicyclic) bond motifs is 1. The van der Waals surface area contributed by atoms with Crippen molar-refractivity contribution >= 4 is 11.6 Å². The number of aromatic nitrogens is 3. The first-order chi connectivity index (χ1) is 11.0. The van der Waals surface area contributed by atoms with Crippen molar-refractivity contribution < 1.29 is 9.53 Å². The lowest BCUT2D eigenvalue weighted by Gasteiger charge is -2.32. The average molecular weight is 312 g/mol. The normalized spacial score (nSPS) is 16.9. The van der Waals surface area contributed by atoms with Gasteiger partial charge in [0.15, 0.2) is 0 Å². The van der Waals surface area contributed by atoms with E-state index in [0.29, 0.717) is 29.5 Å². The zero-order valence-electron chi connectivity index (χ0n) is 13.8. The van der Waals surface area contributed by atoms with E-state index in [0.717, 1.165) is 5.69 Å². The van der Waals surface area contributed by atoms with Gasteiger partial charge in [-0.05, 0) is 31.9 Å². The van der Waals surface area contributed by atoms with Gasteiger partial charge in [0.1, 0.15) is 17.6 Å². The maximum atomic E-state index is 13.1. The van der Waals surface area contributed by atoms with Gasteiger partial charge in [-0.1, -0.05) is 13.8 Å². The van der Waals surface area contributed by atoms with Crippen LogP contribution in [0.25, 0.3) is 0 Å². The summed E-state index contributed by atoms with van der Waals surface area (Å²) in [7, 11) is 0. The molecule has 1 aliphatic rings. The fourth-order valence-corrected chi connectivity index (χ4v) is 2.69. The van der Waals surface area contributed by atoms with Crippen LogP contribution in [0.1, 0.15) is 48.6 Å². The SMILES string of the molecule is Cc1ncc(C(=O)N2C[C@@H](C)Oc3ncccc32)c(C(C)C)n1. The number of hydrogen-bond acceptors (Lipinski definition) is 5. The lowest BCUT2D eigenvalue weighted by atomic mass is 10.0. The van der Waals surface area contributed by atoms with Gasteiger partial charge >= 0.3 is 0 Å². The highest BCUT2D eigenvalue weighted by Gasteiger charge is 2.31. The molecular weight excluding hydrogens is 292 g/mol. The van der Waals surface area contributed by atoms with E-state index in [4.69, 9.17) is 4.74 Å². The number of carbonyl (C=O) groups excluding carboxylic acids is 1. The van der Waals surface area contributed by atoms with Crippen LogP contribution in [0.15, 0.2) is 24.5 Å². The number of hydrogen-bond donors (Lipinski definition) is 0. The van der Waals surface area contributed by atoms with Gasteiger partial charge in [-0.2, -0.15) is 0 Å². The predicted octanol–water partition coefficient (Wildman–Crippen LogP) is 2.73. The fraction of sp³-hybridized carbons (Fsp3) is 0.412. The van der Waals surface area contributed by atoms with Crippen molar-refractivity contribution in [3.63, 3.8) is 0 Å². The van der Waals surface area contributed by atoms with Crippen molar-refractivity contribution in [3.05, 3.63) is 41.6 Å². The van der Waals surface area contributed by atoms with Gasteiger partial charge in [-0.15, -0.1) is 0 Å². The molecular formula is C17H20N4O2. The van der Waals surface area contributed by atoms with E-state index in [-0.39, 0.29) is 17.9 Å². The van der Waals surface area contributed by atoms with E-state index in [9.17, 15) is 4.79 Å². The van der Waals surface area contributed by atoms with Crippen LogP contribution in [-0.2, 0) is 0 Å². The van der Waals surface area contributed by atoms with E-state index >= 15 is 0 Å². The molecule has 0 saturated carbocycles. The molecule has 0 bridgehead atoms. The number of ether oxygens (including phenoxy) is 1. The van der Waals surface area contributed by atoms with Crippen molar-refractivity contribution in [1.82, 2.24) is 15.0 Å². The Morgan fingerprint density at radius 1 is 1.39 bits per heavy atom. The molecule has 1 atom stereocenters. The molecule has 0 fully saturated rings. The summed E-state index contributed by atoms with van der Waals surface area (Å²) in [5, 5.41) is 0. The second-order valence-corrected chi connectivity index (χ2v) is 6.04. The summed E-state index contributed by atoms with van der Waals surface area (Å²) in [5.41, 5.74) is 1.99. The first-order valence-electron chi connectivity index (χ1n) is 7.74. The van der Waals surface area contributed by atoms with Gasteiger partial charge in [-0.25, -0.2) is 15.0 Å². The van der Waals surface area contributed by atoms with Gasteiger partial charge in [-0.3, -0.25) is 9.69 Å². The molecule has 1 aliphatic heterocycles. The largest absolute Gasteiger partial charge is 0.471 e. The third-order valence-electron chi connectivity index (χ3n) is 3.76. The topological polar surface area (TPSA) is 68.2 Å². The summed E-state index contributed by atoms with van der Waals surface area (Å²) in [4.78, 5) is 27.7. The Morgan fingerprint density at radius 2 is 2.17 bits per heavy atom. The van der Waals surface area contributed by atoms with Gasteiger partial charge in [0.05, 0.1) is 17.8 Å². The van der Waals surface area contributed by atoms with E-state index in [1.54, 1.807) is 23.4 Å². The maximum absolute atomic E-state index is 13.1. The van der Waals surface area contributed by atoms with Crippen molar-refractivity contribution in [2.45, 2.75) is 39.7 Å². The molecule has 0 N–H and O–H groups in total. The molecule has 6 heteroatoms. The van der Waals surface area contributed by atoms with E-state index < -0.39 is 0 Å². The molecule has 0 saturated heterocycles. The molecule has 3 heterocycles. The quantitative estimate of drug-likeness (QED) is 0.853. The summed E-state index contributed by atoms with van der Waals surface area (Å²) in [6.07, 6.45) is 3.17. The van der Waals surface area contributed by atoms with Gasteiger partial charge in [0.2, 0.25) is 5.88 Å². The number of anilines is 1. The van der Waals surface area contributed by atoms with E-state index in [1.807, 2.05) is 33.8 Å². The molecule has 0 aliphatic carbocycles. The monoisotopic (exact) mass is 312 g/mol. The van der Waals surface area contributed by atoms with Crippen molar-refractivity contribution in [2.24, 2.45) is 0 Å². The lowest BCUT2D eigenvalue weighted by Crippen LogP contribution is -2.43. The average Bonchev–Trinajstić information content (AvgIpc) is 2.53. The number of nitrogens with zero attached hydrogens (tertiary/aromatic N) is 4. The van der Waals surface area contributed by atoms with E-state index in [1.165, 1.54) is 0 Å². The second kappa shape index (κ2) is 5.95. The molecule has 0 spiro atoms. The molecule has 2 aromatic heterocycles. The van der Waals surface area contributed by atoms with E-state index in [2.05, 4.69) is 15.0 Å². The summed E-state index contributed by atoms with van der Waals surface area (Å²) in [5.74, 6) is 1.18. The van der Waals surface area contributed by atoms with Crippen LogP contribution in [0.5, 0.6) is 5.88 Å². The lowest BCUT2D eigenvalue weighted by molar-refractivity contribution is 0.0956. The summed E-state index contributed by atoms with van der Waals surface area (Å²) in [6.45, 7) is 8.28. The Labute approximate surface area is 135 Å². The van der Waals surface area contributed by atoms with Crippen LogP contribution in [0.2, 0.25) is 0 Å². The van der Waals surface area contributed by atoms with Crippen LogP contribution < -0.4 is 9.64 Å². The van der Waals surface area contributed by atoms with Crippen LogP contribution in [-0.4, -0.2) is 33.5 Å². The highest BCUT2D eigenvalue weighted by molar-refractivity contribution is 6.07. The smallest absolute Gasteiger partial charge is 0.261 e. The number of aryl methyl sites for hydroxylation is 1. The van der Waals surface area contributed by atoms with Crippen molar-refractivity contribution in [1.29, 1.82) is 0 Å². The molecule has 120 valence electrons. The number of carbonyl (C=O) groups is 1. The minimum Gasteiger partial charge on any atom is -0.471 e. The summed E-state index contributed by atoms with van der Waals surface area (Å²) < 4.78 is 5.71. The number of pyridine rings is 1. The molecule has 1 amide bonds. The summed E-state index contributed by atoms with van der Waals surface area (Å²) in [6, 6.07) is 3.64. The Hall–Kier alpha value is -2.50. The van der Waals surface area contributed by atoms with Crippen molar-refractivity contribution in [2.75, 3.05) is 11.4 Å². The zero-order chi connectivity index (χ0) is 16.6. The zero-order valence-corrected chi connectivity index (χ0v) is 13.8. The van der Waals surface area contributed by atoms with Crippen LogP contribution in [0.4, 0.5) is 5.69 Å². The number of rotatable bonds is 2. The Balaban J connectivity index is 2.05. The molecule has 2 aromatic rings. The molecule has 3 rings (SSSR count). The fourth-order valence-electron chi connectivity index (χ4n) is 2.69. The van der Waals surface area contributed by atoms with Gasteiger partial charge < -0.3 is 4.74 Å². The Kier molecular flexibility index (Phi) is 3.98. The van der Waals surface area contributed by atoms with Crippen molar-refractivity contribution in [3.8, 4) is 5.88 Å². The van der Waals surface area contributed by atoms with Crippen LogP contribution >= 0.6 is 0 Å². The molecule has 0 unspecified atom stereocenters. The van der Waals surface area contributed by atoms with Gasteiger partial charge in [0, 0.05) is 12.4 Å². The molecule has 23 heavy (non-hydrogen) atoms. The highest BCUT2D eigenvalue weighted by Crippen LogP contribution is 2.32.